The van der Waals surface area contributed by atoms with E-state index in [9.17, 15) is 4.79 Å². The third-order valence-electron chi connectivity index (χ3n) is 4.46. The van der Waals surface area contributed by atoms with E-state index in [2.05, 4.69) is 4.98 Å². The van der Waals surface area contributed by atoms with E-state index < -0.39 is 24.3 Å². The van der Waals surface area contributed by atoms with Gasteiger partial charge in [0.1, 0.15) is 6.33 Å². The number of esters is 1. The Morgan fingerprint density at radius 3 is 2.45 bits per heavy atom. The number of ether oxygens (including phenoxy) is 1. The summed E-state index contributed by atoms with van der Waals surface area (Å²) in [6.07, 6.45) is 3.44. The minimum absolute atomic E-state index is 0.294. The lowest BCUT2D eigenvalue weighted by Crippen LogP contribution is -2.41. The van der Waals surface area contributed by atoms with Gasteiger partial charge < -0.3 is 18.4 Å². The number of pyridine rings is 1. The number of imidazole rings is 1. The van der Waals surface area contributed by atoms with Crippen molar-refractivity contribution in [2.24, 2.45) is 0 Å². The van der Waals surface area contributed by atoms with Crippen molar-refractivity contribution in [3.63, 3.8) is 0 Å². The first kappa shape index (κ1) is 15.1. The zero-order chi connectivity index (χ0) is 16.1. The van der Waals surface area contributed by atoms with Crippen LogP contribution < -0.4 is 5.46 Å². The lowest BCUT2D eigenvalue weighted by Gasteiger charge is -2.32. The molecule has 0 spiro atoms. The topological polar surface area (TPSA) is 62.1 Å². The van der Waals surface area contributed by atoms with E-state index in [4.69, 9.17) is 14.0 Å². The van der Waals surface area contributed by atoms with Gasteiger partial charge in [-0.3, -0.25) is 0 Å². The molecule has 0 atom stereocenters. The molecule has 0 N–H and O–H groups in total. The molecule has 0 saturated carbocycles. The lowest BCUT2D eigenvalue weighted by atomic mass is 9.80. The number of carbonyl (C=O) groups excluding carboxylic acids is 1. The maximum atomic E-state index is 11.7. The molecule has 3 rings (SSSR count). The van der Waals surface area contributed by atoms with E-state index in [0.29, 0.717) is 11.2 Å². The van der Waals surface area contributed by atoms with Crippen LogP contribution in [0, 0.1) is 0 Å². The van der Waals surface area contributed by atoms with Gasteiger partial charge in [0.2, 0.25) is 0 Å². The normalized spacial score (nSPS) is 19.6. The zero-order valence-corrected chi connectivity index (χ0v) is 13.4. The number of methoxy groups -OCH3 is 1. The van der Waals surface area contributed by atoms with Gasteiger partial charge in [0.05, 0.1) is 23.8 Å². The summed E-state index contributed by atoms with van der Waals surface area (Å²) in [5.41, 5.74) is 1.08. The Labute approximate surface area is 129 Å². The molecule has 1 fully saturated rings. The zero-order valence-electron chi connectivity index (χ0n) is 13.4. The van der Waals surface area contributed by atoms with Crippen molar-refractivity contribution in [3.05, 3.63) is 30.4 Å². The molecular weight excluding hydrogens is 283 g/mol. The Hall–Kier alpha value is -1.86. The monoisotopic (exact) mass is 302 g/mol. The highest BCUT2D eigenvalue weighted by Gasteiger charge is 2.51. The van der Waals surface area contributed by atoms with Crippen molar-refractivity contribution in [2.75, 3.05) is 7.11 Å². The van der Waals surface area contributed by atoms with Crippen molar-refractivity contribution in [1.29, 1.82) is 0 Å². The minimum Gasteiger partial charge on any atom is -0.464 e. The molecule has 3 heterocycles. The van der Waals surface area contributed by atoms with Crippen molar-refractivity contribution in [2.45, 2.75) is 38.9 Å². The van der Waals surface area contributed by atoms with Crippen LogP contribution in [0.5, 0.6) is 0 Å². The second kappa shape index (κ2) is 4.82. The quantitative estimate of drug-likeness (QED) is 0.620. The van der Waals surface area contributed by atoms with Gasteiger partial charge in [-0.2, -0.15) is 0 Å². The maximum Gasteiger partial charge on any atom is 0.496 e. The van der Waals surface area contributed by atoms with Crippen LogP contribution in [-0.4, -0.2) is 40.8 Å². The Balaban J connectivity index is 1.96. The average molecular weight is 302 g/mol. The summed E-state index contributed by atoms with van der Waals surface area (Å²) in [6.45, 7) is 8.05. The maximum absolute atomic E-state index is 11.7. The van der Waals surface area contributed by atoms with Crippen LogP contribution in [0.4, 0.5) is 0 Å². The standard InChI is InChI=1S/C15H19BN2O4/c1-14(2)15(3,4)22-16(21-14)10-6-7-11-12(13(19)20-5)17-9-18(11)8-10/h6-9H,1-5H3. The van der Waals surface area contributed by atoms with Crippen LogP contribution in [0.3, 0.4) is 0 Å². The Morgan fingerprint density at radius 1 is 1.23 bits per heavy atom. The molecule has 0 aliphatic carbocycles. The molecule has 2 aromatic heterocycles. The smallest absolute Gasteiger partial charge is 0.464 e. The van der Waals surface area contributed by atoms with Crippen LogP contribution in [0.1, 0.15) is 38.2 Å². The second-order valence-corrected chi connectivity index (χ2v) is 6.43. The van der Waals surface area contributed by atoms with Gasteiger partial charge in [-0.25, -0.2) is 9.78 Å². The molecule has 1 saturated heterocycles. The van der Waals surface area contributed by atoms with E-state index in [1.165, 1.54) is 7.11 Å². The molecule has 0 unspecified atom stereocenters. The van der Waals surface area contributed by atoms with Crippen molar-refractivity contribution < 1.29 is 18.8 Å². The van der Waals surface area contributed by atoms with Crippen LogP contribution in [0.15, 0.2) is 24.7 Å². The van der Waals surface area contributed by atoms with Gasteiger partial charge in [0.15, 0.2) is 5.69 Å². The number of rotatable bonds is 2. The summed E-state index contributed by atoms with van der Waals surface area (Å²) in [5.74, 6) is -0.453. The van der Waals surface area contributed by atoms with Crippen LogP contribution in [0.25, 0.3) is 5.52 Å². The number of hydrogen-bond acceptors (Lipinski definition) is 5. The summed E-state index contributed by atoms with van der Waals surface area (Å²) in [6, 6.07) is 3.70. The highest BCUT2D eigenvalue weighted by molar-refractivity contribution is 6.62. The molecule has 0 bridgehead atoms. The minimum atomic E-state index is -0.453. The molecule has 6 nitrogen and oxygen atoms in total. The first-order valence-corrected chi connectivity index (χ1v) is 7.16. The van der Waals surface area contributed by atoms with E-state index in [-0.39, 0.29) is 0 Å². The van der Waals surface area contributed by atoms with Gasteiger partial charge in [0, 0.05) is 6.20 Å². The van der Waals surface area contributed by atoms with Crippen molar-refractivity contribution >= 4 is 24.1 Å². The number of nitrogens with zero attached hydrogens (tertiary/aromatic N) is 2. The van der Waals surface area contributed by atoms with Crippen LogP contribution in [-0.2, 0) is 14.0 Å². The first-order valence-electron chi connectivity index (χ1n) is 7.16. The third-order valence-corrected chi connectivity index (χ3v) is 4.46. The molecule has 2 aromatic rings. The fraction of sp³-hybridized carbons (Fsp3) is 0.467. The summed E-state index contributed by atoms with van der Waals surface area (Å²) < 4.78 is 18.5. The second-order valence-electron chi connectivity index (χ2n) is 6.43. The van der Waals surface area contributed by atoms with Gasteiger partial charge in [-0.05, 0) is 39.2 Å². The van der Waals surface area contributed by atoms with E-state index in [1.54, 1.807) is 10.7 Å². The van der Waals surface area contributed by atoms with Crippen LogP contribution in [0.2, 0.25) is 0 Å². The lowest BCUT2D eigenvalue weighted by molar-refractivity contribution is 0.00578. The molecule has 0 radical (unpaired) electrons. The van der Waals surface area contributed by atoms with Crippen LogP contribution >= 0.6 is 0 Å². The molecule has 0 aromatic carbocycles. The third kappa shape index (κ3) is 2.21. The SMILES string of the molecule is COC(=O)c1ncn2cc(B3OC(C)(C)C(C)(C)O3)ccc12. The Morgan fingerprint density at radius 2 is 1.86 bits per heavy atom. The predicted molar refractivity (Wildman–Crippen MR) is 82.2 cm³/mol. The number of aromatic nitrogens is 2. The molecular formula is C15H19BN2O4. The highest BCUT2D eigenvalue weighted by Crippen LogP contribution is 2.36. The van der Waals surface area contributed by atoms with Crippen molar-refractivity contribution in [1.82, 2.24) is 9.38 Å². The predicted octanol–water partition coefficient (Wildman–Crippen LogP) is 1.42. The fourth-order valence-corrected chi connectivity index (χ4v) is 2.39. The van der Waals surface area contributed by atoms with E-state index >= 15 is 0 Å². The average Bonchev–Trinajstić information content (AvgIpc) is 2.96. The number of fused-ring (bicyclic) bond motifs is 1. The summed E-state index contributed by atoms with van der Waals surface area (Å²) in [5, 5.41) is 0. The molecule has 22 heavy (non-hydrogen) atoms. The summed E-state index contributed by atoms with van der Waals surface area (Å²) in [4.78, 5) is 15.8. The summed E-state index contributed by atoms with van der Waals surface area (Å²) >= 11 is 0. The molecule has 0 amide bonds. The van der Waals surface area contributed by atoms with Gasteiger partial charge >= 0.3 is 13.1 Å². The largest absolute Gasteiger partial charge is 0.496 e. The molecule has 1 aliphatic rings. The van der Waals surface area contributed by atoms with Gasteiger partial charge in [-0.1, -0.05) is 6.07 Å². The highest BCUT2D eigenvalue weighted by atomic mass is 16.7. The molecule has 116 valence electrons. The Kier molecular flexibility index (Phi) is 3.30. The summed E-state index contributed by atoms with van der Waals surface area (Å²) in [7, 11) is 0.894. The number of carbonyl (C=O) groups is 1. The van der Waals surface area contributed by atoms with Gasteiger partial charge in [0.25, 0.3) is 0 Å². The number of hydrogen-bond donors (Lipinski definition) is 0. The van der Waals surface area contributed by atoms with Gasteiger partial charge in [-0.15, -0.1) is 0 Å². The Bertz CT molecular complexity index is 722. The first-order chi connectivity index (χ1) is 10.2. The fourth-order valence-electron chi connectivity index (χ4n) is 2.39. The van der Waals surface area contributed by atoms with E-state index in [0.717, 1.165) is 5.46 Å². The van der Waals surface area contributed by atoms with E-state index in [1.807, 2.05) is 46.0 Å². The van der Waals surface area contributed by atoms with Crippen molar-refractivity contribution in [3.8, 4) is 0 Å². The molecule has 7 heteroatoms. The molecule has 1 aliphatic heterocycles.